The molecule has 0 aliphatic heterocycles. The number of anilines is 2. The second-order valence-electron chi connectivity index (χ2n) is 7.67. The van der Waals surface area contributed by atoms with Gasteiger partial charge in [0.2, 0.25) is 0 Å². The third-order valence-electron chi connectivity index (χ3n) is 5.11. The topological polar surface area (TPSA) is 57.3 Å². The van der Waals surface area contributed by atoms with Crippen LogP contribution in [0.5, 0.6) is 0 Å². The molecule has 156 valence electrons. The zero-order valence-corrected chi connectivity index (χ0v) is 16.7. The fourth-order valence-corrected chi connectivity index (χ4v) is 3.53. The molecular weight excluding hydrogens is 381 g/mol. The molecule has 1 fully saturated rings. The number of hydrogen-bond acceptors (Lipinski definition) is 4. The van der Waals surface area contributed by atoms with Crippen LogP contribution < -0.4 is 15.5 Å². The van der Waals surface area contributed by atoms with E-state index in [1.807, 2.05) is 38.1 Å². The van der Waals surface area contributed by atoms with Crippen LogP contribution in [0, 0.1) is 24.4 Å². The van der Waals surface area contributed by atoms with Gasteiger partial charge in [-0.25, -0.2) is 18.2 Å². The van der Waals surface area contributed by atoms with Crippen molar-refractivity contribution in [1.29, 1.82) is 0 Å². The molecule has 2 N–H and O–H groups in total. The van der Waals surface area contributed by atoms with Crippen molar-refractivity contribution in [2.45, 2.75) is 44.7 Å². The maximum Gasteiger partial charge on any atom is 0.251 e. The van der Waals surface area contributed by atoms with Gasteiger partial charge in [-0.3, -0.25) is 4.79 Å². The van der Waals surface area contributed by atoms with Crippen molar-refractivity contribution in [3.63, 3.8) is 0 Å². The van der Waals surface area contributed by atoms with Crippen molar-refractivity contribution in [2.75, 3.05) is 24.3 Å². The Kier molecular flexibility index (Phi) is 6.30. The fraction of sp³-hybridized carbons (Fsp3) is 0.429. The molecular formula is C21H25F3N4O. The normalized spacial score (nSPS) is 19.0. The highest BCUT2D eigenvalue weighted by Gasteiger charge is 2.24. The number of amides is 1. The van der Waals surface area contributed by atoms with Gasteiger partial charge in [0.05, 0.1) is 0 Å². The van der Waals surface area contributed by atoms with Crippen LogP contribution in [0.2, 0.25) is 0 Å². The third kappa shape index (κ3) is 5.19. The minimum absolute atomic E-state index is 0.0977. The van der Waals surface area contributed by atoms with Crippen LogP contribution >= 0.6 is 0 Å². The Morgan fingerprint density at radius 3 is 2.17 bits per heavy atom. The van der Waals surface area contributed by atoms with Crippen molar-refractivity contribution >= 4 is 17.4 Å². The molecule has 1 aromatic heterocycles. The highest BCUT2D eigenvalue weighted by Crippen LogP contribution is 2.24. The number of hydrogen-bond donors (Lipinski definition) is 2. The summed E-state index contributed by atoms with van der Waals surface area (Å²) in [5.74, 6) is -4.10. The highest BCUT2D eigenvalue weighted by molar-refractivity contribution is 5.94. The molecule has 0 saturated heterocycles. The Labute approximate surface area is 168 Å². The van der Waals surface area contributed by atoms with Crippen LogP contribution in [-0.4, -0.2) is 37.1 Å². The average molecular weight is 406 g/mol. The second-order valence-corrected chi connectivity index (χ2v) is 7.67. The molecule has 1 aromatic carbocycles. The predicted molar refractivity (Wildman–Crippen MR) is 107 cm³/mol. The number of benzene rings is 1. The maximum atomic E-state index is 13.3. The first kappa shape index (κ1) is 21.0. The Morgan fingerprint density at radius 2 is 1.59 bits per heavy atom. The number of rotatable bonds is 5. The quantitative estimate of drug-likeness (QED) is 0.737. The molecule has 5 nitrogen and oxygen atoms in total. The van der Waals surface area contributed by atoms with Gasteiger partial charge in [-0.05, 0) is 50.8 Å². The predicted octanol–water partition coefficient (Wildman–Crippen LogP) is 4.03. The SMILES string of the molecule is Cc1cc(N(C)C)cc(NC2CCC(NC(=O)c3cc(F)c(F)c(F)c3)CC2)n1. The van der Waals surface area contributed by atoms with E-state index in [2.05, 4.69) is 15.6 Å². The van der Waals surface area contributed by atoms with E-state index in [9.17, 15) is 18.0 Å². The number of nitrogens with one attached hydrogen (secondary N) is 2. The molecule has 1 amide bonds. The van der Waals surface area contributed by atoms with E-state index in [0.29, 0.717) is 12.1 Å². The van der Waals surface area contributed by atoms with Crippen LogP contribution in [0.3, 0.4) is 0 Å². The van der Waals surface area contributed by atoms with Crippen LogP contribution in [0.15, 0.2) is 24.3 Å². The van der Waals surface area contributed by atoms with Gasteiger partial charge in [0.1, 0.15) is 5.82 Å². The van der Waals surface area contributed by atoms with Gasteiger partial charge in [-0.15, -0.1) is 0 Å². The van der Waals surface area contributed by atoms with Gasteiger partial charge in [0, 0.05) is 49.2 Å². The van der Waals surface area contributed by atoms with E-state index < -0.39 is 23.4 Å². The Bertz CT molecular complexity index is 872. The highest BCUT2D eigenvalue weighted by atomic mass is 19.2. The summed E-state index contributed by atoms with van der Waals surface area (Å²) >= 11 is 0. The van der Waals surface area contributed by atoms with Gasteiger partial charge in [0.25, 0.3) is 5.91 Å². The lowest BCUT2D eigenvalue weighted by Gasteiger charge is -2.30. The van der Waals surface area contributed by atoms with Gasteiger partial charge in [0.15, 0.2) is 17.5 Å². The fourth-order valence-electron chi connectivity index (χ4n) is 3.53. The minimum atomic E-state index is -1.57. The number of pyridine rings is 1. The lowest BCUT2D eigenvalue weighted by atomic mass is 9.91. The zero-order valence-electron chi connectivity index (χ0n) is 16.7. The standard InChI is InChI=1S/C21H25F3N4O/c1-12-8-16(28(2)3)11-19(25-12)26-14-4-6-15(7-5-14)27-21(29)13-9-17(22)20(24)18(23)10-13/h8-11,14-15H,4-7H2,1-3H3,(H,25,26)(H,27,29). The number of carbonyl (C=O) groups excluding carboxylic acids is 1. The summed E-state index contributed by atoms with van der Waals surface area (Å²) in [4.78, 5) is 18.8. The third-order valence-corrected chi connectivity index (χ3v) is 5.11. The zero-order chi connectivity index (χ0) is 21.1. The number of aryl methyl sites for hydroxylation is 1. The summed E-state index contributed by atoms with van der Waals surface area (Å²) in [6.07, 6.45) is 3.10. The number of nitrogens with zero attached hydrogens (tertiary/aromatic N) is 2. The van der Waals surface area contributed by atoms with E-state index in [-0.39, 0.29) is 17.6 Å². The summed E-state index contributed by atoms with van der Waals surface area (Å²) in [6, 6.07) is 5.57. The van der Waals surface area contributed by atoms with E-state index in [1.165, 1.54) is 0 Å². The van der Waals surface area contributed by atoms with E-state index in [4.69, 9.17) is 0 Å². The Morgan fingerprint density at radius 1 is 1.00 bits per heavy atom. The molecule has 1 saturated carbocycles. The number of carbonyl (C=O) groups is 1. The molecule has 0 spiro atoms. The van der Waals surface area contributed by atoms with Gasteiger partial charge >= 0.3 is 0 Å². The molecule has 0 atom stereocenters. The second kappa shape index (κ2) is 8.71. The summed E-state index contributed by atoms with van der Waals surface area (Å²) in [5.41, 5.74) is 1.78. The molecule has 3 rings (SSSR count). The van der Waals surface area contributed by atoms with Crippen LogP contribution in [0.4, 0.5) is 24.7 Å². The molecule has 8 heteroatoms. The van der Waals surface area contributed by atoms with Crippen molar-refractivity contribution in [1.82, 2.24) is 10.3 Å². The molecule has 29 heavy (non-hydrogen) atoms. The van der Waals surface area contributed by atoms with E-state index in [0.717, 1.165) is 42.9 Å². The van der Waals surface area contributed by atoms with Crippen molar-refractivity contribution in [3.8, 4) is 0 Å². The summed E-state index contributed by atoms with van der Waals surface area (Å²) in [7, 11) is 3.95. The molecule has 0 radical (unpaired) electrons. The first-order valence-corrected chi connectivity index (χ1v) is 9.61. The van der Waals surface area contributed by atoms with E-state index in [1.54, 1.807) is 0 Å². The molecule has 1 aliphatic rings. The van der Waals surface area contributed by atoms with Crippen molar-refractivity contribution in [2.24, 2.45) is 0 Å². The Balaban J connectivity index is 1.55. The summed E-state index contributed by atoms with van der Waals surface area (Å²) < 4.78 is 39.7. The lowest BCUT2D eigenvalue weighted by molar-refractivity contribution is 0.0925. The number of aromatic nitrogens is 1. The van der Waals surface area contributed by atoms with Crippen LogP contribution in [0.1, 0.15) is 41.7 Å². The minimum Gasteiger partial charge on any atom is -0.377 e. The summed E-state index contributed by atoms with van der Waals surface area (Å²) in [6.45, 7) is 1.95. The monoisotopic (exact) mass is 406 g/mol. The number of halogens is 3. The molecule has 0 unspecified atom stereocenters. The molecule has 0 bridgehead atoms. The maximum absolute atomic E-state index is 13.3. The smallest absolute Gasteiger partial charge is 0.251 e. The first-order valence-electron chi connectivity index (χ1n) is 9.61. The van der Waals surface area contributed by atoms with E-state index >= 15 is 0 Å². The molecule has 2 aromatic rings. The average Bonchev–Trinajstić information content (AvgIpc) is 2.66. The van der Waals surface area contributed by atoms with Gasteiger partial charge in [-0.1, -0.05) is 0 Å². The van der Waals surface area contributed by atoms with Crippen LogP contribution in [0.25, 0.3) is 0 Å². The first-order chi connectivity index (χ1) is 13.7. The molecule has 1 aliphatic carbocycles. The summed E-state index contributed by atoms with van der Waals surface area (Å²) in [5, 5.41) is 6.23. The van der Waals surface area contributed by atoms with Gasteiger partial charge < -0.3 is 15.5 Å². The largest absolute Gasteiger partial charge is 0.377 e. The molecule has 1 heterocycles. The van der Waals surface area contributed by atoms with Crippen molar-refractivity contribution < 1.29 is 18.0 Å². The van der Waals surface area contributed by atoms with Crippen molar-refractivity contribution in [3.05, 3.63) is 53.0 Å². The van der Waals surface area contributed by atoms with Crippen LogP contribution in [-0.2, 0) is 0 Å². The lowest BCUT2D eigenvalue weighted by Crippen LogP contribution is -2.40. The Hall–Kier alpha value is -2.77. The van der Waals surface area contributed by atoms with Gasteiger partial charge in [-0.2, -0.15) is 0 Å².